The minimum atomic E-state index is -3.98. The first kappa shape index (κ1) is 26.6. The Kier molecular flexibility index (Phi) is 6.50. The lowest BCUT2D eigenvalue weighted by Gasteiger charge is -2.22. The first-order chi connectivity index (χ1) is 19.1. The summed E-state index contributed by atoms with van der Waals surface area (Å²) >= 11 is 0. The highest BCUT2D eigenvalue weighted by Gasteiger charge is 2.26. The quantitative estimate of drug-likeness (QED) is 0.235. The predicted octanol–water partition coefficient (Wildman–Crippen LogP) is 6.93. The van der Waals surface area contributed by atoms with Crippen molar-refractivity contribution in [1.82, 2.24) is 7.47 Å². The molecule has 6 rings (SSSR count). The average molecular weight is 590 g/mol. The van der Waals surface area contributed by atoms with Crippen LogP contribution >= 0.6 is 8.00 Å². The topological polar surface area (TPSA) is 90.2 Å². The van der Waals surface area contributed by atoms with Crippen molar-refractivity contribution in [2.45, 2.75) is 13.0 Å². The Balaban J connectivity index is 1.98. The second kappa shape index (κ2) is 9.78. The maximum atomic E-state index is 13.7. The molecule has 10 heteroatoms. The average Bonchev–Trinajstić information content (AvgIpc) is 3.05. The van der Waals surface area contributed by atoms with Gasteiger partial charge in [0.25, 0.3) is 0 Å². The maximum Gasteiger partial charge on any atom is 0.241 e. The number of benzene rings is 5. The molecule has 0 aliphatic rings. The van der Waals surface area contributed by atoms with E-state index in [9.17, 15) is 16.8 Å². The first-order valence-electron chi connectivity index (χ1n) is 12.7. The number of rotatable bonds is 5. The van der Waals surface area contributed by atoms with Crippen molar-refractivity contribution < 1.29 is 16.8 Å². The normalized spacial score (nSPS) is 13.3. The van der Waals surface area contributed by atoms with Crippen LogP contribution in [0, 0.1) is 0 Å². The summed E-state index contributed by atoms with van der Waals surface area (Å²) in [6.45, 7) is 1.91. The van der Waals surface area contributed by atoms with E-state index in [0.29, 0.717) is 21.8 Å². The van der Waals surface area contributed by atoms with Gasteiger partial charge >= 0.3 is 0 Å². The van der Waals surface area contributed by atoms with Gasteiger partial charge in [0, 0.05) is 16.8 Å². The van der Waals surface area contributed by atoms with E-state index in [-0.39, 0.29) is 6.04 Å². The number of aromatic nitrogens is 2. The summed E-state index contributed by atoms with van der Waals surface area (Å²) in [7, 11) is -10.2. The van der Waals surface area contributed by atoms with Crippen LogP contribution in [0.2, 0.25) is 0 Å². The second-order valence-corrected chi connectivity index (χ2v) is 15.8. The van der Waals surface area contributed by atoms with E-state index in [1.165, 1.54) is 7.47 Å². The van der Waals surface area contributed by atoms with Crippen LogP contribution in [0.5, 0.6) is 0 Å². The van der Waals surface area contributed by atoms with Crippen molar-refractivity contribution in [1.29, 1.82) is 0 Å². The van der Waals surface area contributed by atoms with Gasteiger partial charge < -0.3 is 0 Å². The van der Waals surface area contributed by atoms with E-state index >= 15 is 0 Å². The second-order valence-electron chi connectivity index (χ2n) is 9.92. The highest BCUT2D eigenvalue weighted by atomic mass is 32.2. The number of fused-ring (bicyclic) bond motifs is 7. The molecule has 0 saturated heterocycles. The standard InChI is InChI=1S/C30H28N3O4PS2/c1-21(22-11-5-4-6-12-22)31-38-32(39(2,34)35)27-19-17-23-13-7-9-15-25(23)29(27)30-26-16-10-8-14-24(26)18-20-28(30)33(38)40(3,36)37/h4-21,31H,1-3H3/t21-/m1/s1. The maximum absolute atomic E-state index is 13.7. The zero-order valence-corrected chi connectivity index (χ0v) is 24.7. The molecule has 0 amide bonds. The smallest absolute Gasteiger partial charge is 0.239 e. The van der Waals surface area contributed by atoms with Gasteiger partial charge in [-0.3, -0.25) is 0 Å². The minimum Gasteiger partial charge on any atom is -0.239 e. The van der Waals surface area contributed by atoms with Crippen LogP contribution in [0.25, 0.3) is 43.4 Å². The Morgan fingerprint density at radius 3 is 1.48 bits per heavy atom. The van der Waals surface area contributed by atoms with Gasteiger partial charge in [-0.2, -0.15) is 0 Å². The molecule has 0 fully saturated rings. The Morgan fingerprint density at radius 1 is 0.600 bits per heavy atom. The van der Waals surface area contributed by atoms with Gasteiger partial charge in [-0.05, 0) is 46.2 Å². The predicted molar refractivity (Wildman–Crippen MR) is 167 cm³/mol. The Bertz CT molecular complexity index is 2080. The van der Waals surface area contributed by atoms with E-state index in [0.717, 1.165) is 39.6 Å². The van der Waals surface area contributed by atoms with Gasteiger partial charge in [0.15, 0.2) is 0 Å². The van der Waals surface area contributed by atoms with E-state index in [1.54, 1.807) is 12.1 Å². The molecule has 40 heavy (non-hydrogen) atoms. The van der Waals surface area contributed by atoms with Gasteiger partial charge in [-0.15, -0.1) is 0 Å². The van der Waals surface area contributed by atoms with Crippen molar-refractivity contribution in [3.8, 4) is 0 Å². The summed E-state index contributed by atoms with van der Waals surface area (Å²) in [6.07, 6.45) is 2.26. The van der Waals surface area contributed by atoms with E-state index in [4.69, 9.17) is 0 Å². The minimum absolute atomic E-state index is 0.355. The molecule has 1 N–H and O–H groups in total. The molecule has 1 heterocycles. The van der Waals surface area contributed by atoms with E-state index < -0.39 is 28.0 Å². The van der Waals surface area contributed by atoms with E-state index in [2.05, 4.69) is 5.09 Å². The van der Waals surface area contributed by atoms with Crippen molar-refractivity contribution >= 4 is 71.4 Å². The Hall–Kier alpha value is -3.62. The molecule has 0 bridgehead atoms. The van der Waals surface area contributed by atoms with Crippen LogP contribution in [0.4, 0.5) is 0 Å². The molecule has 0 saturated carbocycles. The molecule has 6 aromatic rings. The highest BCUT2D eigenvalue weighted by Crippen LogP contribution is 2.43. The van der Waals surface area contributed by atoms with Gasteiger partial charge in [-0.1, -0.05) is 91.0 Å². The van der Waals surface area contributed by atoms with Gasteiger partial charge in [-0.25, -0.2) is 29.4 Å². The summed E-state index contributed by atoms with van der Waals surface area (Å²) in [6, 6.07) is 32.1. The molecule has 7 nitrogen and oxygen atoms in total. The zero-order chi connectivity index (χ0) is 28.2. The molecular weight excluding hydrogens is 561 g/mol. The van der Waals surface area contributed by atoms with Gasteiger partial charge in [0.05, 0.1) is 23.5 Å². The molecule has 1 atom stereocenters. The van der Waals surface area contributed by atoms with Crippen molar-refractivity contribution in [2.24, 2.45) is 0 Å². The molecule has 0 unspecified atom stereocenters. The third kappa shape index (κ3) is 4.49. The molecule has 204 valence electrons. The summed E-state index contributed by atoms with van der Waals surface area (Å²) in [5.41, 5.74) is 1.78. The van der Waals surface area contributed by atoms with Crippen molar-refractivity contribution in [2.75, 3.05) is 17.6 Å². The summed E-state index contributed by atoms with van der Waals surface area (Å²) in [5.74, 6) is 0. The lowest BCUT2D eigenvalue weighted by Crippen LogP contribution is -2.20. The summed E-state index contributed by atoms with van der Waals surface area (Å²) in [4.78, 5) is 0. The highest BCUT2D eigenvalue weighted by molar-refractivity contribution is 7.96. The molecule has 5 aromatic carbocycles. The fourth-order valence-corrected chi connectivity index (χ4v) is 11.1. The van der Waals surface area contributed by atoms with Gasteiger partial charge in [0.2, 0.25) is 20.0 Å². The number of nitrogens with zero attached hydrogens (tertiary/aromatic N) is 2. The molecular formula is C30H28N3O4PS2. The molecule has 0 aliphatic heterocycles. The molecule has 0 spiro atoms. The van der Waals surface area contributed by atoms with Crippen molar-refractivity contribution in [3.05, 3.63) is 109 Å². The lowest BCUT2D eigenvalue weighted by atomic mass is 9.98. The first-order valence-corrected chi connectivity index (χ1v) is 17.7. The number of nitrogens with one attached hydrogen (secondary N) is 1. The number of hydrogen-bond donors (Lipinski definition) is 1. The summed E-state index contributed by atoms with van der Waals surface area (Å²) in [5, 5.41) is 8.33. The van der Waals surface area contributed by atoms with Crippen LogP contribution in [0.1, 0.15) is 18.5 Å². The van der Waals surface area contributed by atoms with Crippen LogP contribution in [0.15, 0.2) is 103 Å². The van der Waals surface area contributed by atoms with Crippen LogP contribution in [-0.2, 0) is 20.0 Å². The lowest BCUT2D eigenvalue weighted by molar-refractivity contribution is 0.597. The Labute approximate surface area is 234 Å². The molecule has 0 radical (unpaired) electrons. The third-order valence-electron chi connectivity index (χ3n) is 7.06. The van der Waals surface area contributed by atoms with Crippen LogP contribution < -0.4 is 5.09 Å². The van der Waals surface area contributed by atoms with E-state index in [1.807, 2.05) is 97.9 Å². The van der Waals surface area contributed by atoms with Crippen LogP contribution in [0.3, 0.4) is 0 Å². The monoisotopic (exact) mass is 589 g/mol. The van der Waals surface area contributed by atoms with Crippen molar-refractivity contribution in [3.63, 3.8) is 0 Å². The zero-order valence-electron chi connectivity index (χ0n) is 22.2. The largest absolute Gasteiger partial charge is 0.241 e. The van der Waals surface area contributed by atoms with Crippen LogP contribution in [-0.4, -0.2) is 36.8 Å². The fourth-order valence-electron chi connectivity index (χ4n) is 5.37. The molecule has 0 aliphatic carbocycles. The number of hydrogen-bond acceptors (Lipinski definition) is 5. The SMILES string of the molecule is C[C@@H](Np1n(S(C)(=O)=O)c2ccc3ccccc3c2c2c3ccccc3ccc2n1S(C)(=O)=O)c1ccccc1. The third-order valence-corrected chi connectivity index (χ3v) is 13.2. The van der Waals surface area contributed by atoms with Gasteiger partial charge in [0.1, 0.15) is 8.00 Å². The molecule has 1 aromatic heterocycles. The Morgan fingerprint density at radius 2 is 1.02 bits per heavy atom. The summed E-state index contributed by atoms with van der Waals surface area (Å²) < 4.78 is 57.5. The fraction of sp³-hybridized carbons (Fsp3) is 0.133.